The van der Waals surface area contributed by atoms with E-state index in [0.29, 0.717) is 28.7 Å². The van der Waals surface area contributed by atoms with Crippen LogP contribution in [0.2, 0.25) is 0 Å². The van der Waals surface area contributed by atoms with Crippen LogP contribution in [-0.4, -0.2) is 48.7 Å². The highest BCUT2D eigenvalue weighted by atomic mass is 32.1. The summed E-state index contributed by atoms with van der Waals surface area (Å²) in [5.41, 5.74) is -0.262. The second-order valence-electron chi connectivity index (χ2n) is 7.64. The first-order chi connectivity index (χ1) is 15.7. The third-order valence-electron chi connectivity index (χ3n) is 5.26. The van der Waals surface area contributed by atoms with Crippen molar-refractivity contribution in [3.05, 3.63) is 37.7 Å². The number of anilines is 1. The minimum atomic E-state index is -0.629. The van der Waals surface area contributed by atoms with E-state index in [1.54, 1.807) is 20.9 Å². The fourth-order valence-corrected chi connectivity index (χ4v) is 4.49. The van der Waals surface area contributed by atoms with Crippen LogP contribution in [0.25, 0.3) is 11.2 Å². The van der Waals surface area contributed by atoms with Gasteiger partial charge in [0.05, 0.1) is 18.6 Å². The Bertz CT molecular complexity index is 1300. The molecule has 0 radical (unpaired) electrons. The fourth-order valence-electron chi connectivity index (χ4n) is 3.49. The normalized spacial score (nSPS) is 11.2. The molecule has 12 heteroatoms. The minimum Gasteiger partial charge on any atom is -0.462 e. The average molecular weight is 477 g/mol. The molecule has 1 amide bonds. The molecule has 0 spiro atoms. The van der Waals surface area contributed by atoms with Gasteiger partial charge in [-0.2, -0.15) is 0 Å². The number of rotatable bonds is 9. The third kappa shape index (κ3) is 4.75. The Morgan fingerprint density at radius 2 is 1.91 bits per heavy atom. The largest absolute Gasteiger partial charge is 0.462 e. The van der Waals surface area contributed by atoms with E-state index in [2.05, 4.69) is 9.97 Å². The van der Waals surface area contributed by atoms with Gasteiger partial charge < -0.3 is 9.30 Å². The summed E-state index contributed by atoms with van der Waals surface area (Å²) in [6, 6.07) is 0. The molecule has 0 bridgehead atoms. The molecule has 0 atom stereocenters. The topological polar surface area (TPSA) is 121 Å². The molecule has 0 aromatic carbocycles. The number of thiazole rings is 1. The molecule has 0 N–H and O–H groups in total. The molecule has 0 saturated heterocycles. The minimum absolute atomic E-state index is 0.230. The van der Waals surface area contributed by atoms with Gasteiger partial charge in [-0.1, -0.05) is 31.1 Å². The number of fused-ring (bicyclic) bond motifs is 1. The Labute approximate surface area is 194 Å². The van der Waals surface area contributed by atoms with Gasteiger partial charge in [0.15, 0.2) is 16.3 Å². The monoisotopic (exact) mass is 476 g/mol. The molecule has 0 aliphatic carbocycles. The van der Waals surface area contributed by atoms with Crippen molar-refractivity contribution in [2.45, 2.75) is 46.6 Å². The summed E-state index contributed by atoms with van der Waals surface area (Å²) in [6.45, 7) is 5.57. The van der Waals surface area contributed by atoms with Gasteiger partial charge in [0.1, 0.15) is 11.4 Å². The Hall–Kier alpha value is -3.28. The molecule has 33 heavy (non-hydrogen) atoms. The van der Waals surface area contributed by atoms with E-state index in [9.17, 15) is 19.2 Å². The highest BCUT2D eigenvalue weighted by molar-refractivity contribution is 7.17. The van der Waals surface area contributed by atoms with Gasteiger partial charge in [0, 0.05) is 20.6 Å². The van der Waals surface area contributed by atoms with Gasteiger partial charge in [0.25, 0.3) is 5.56 Å². The van der Waals surface area contributed by atoms with Crippen molar-refractivity contribution in [3.8, 4) is 0 Å². The number of unbranched alkanes of at least 4 members (excludes halogenated alkanes) is 2. The molecule has 11 nitrogen and oxygen atoms in total. The van der Waals surface area contributed by atoms with E-state index < -0.39 is 29.7 Å². The molecule has 3 aromatic rings. The van der Waals surface area contributed by atoms with Crippen LogP contribution in [0.15, 0.2) is 15.9 Å². The molecule has 0 unspecified atom stereocenters. The lowest BCUT2D eigenvalue weighted by molar-refractivity contribution is -0.119. The zero-order chi connectivity index (χ0) is 24.3. The Balaban J connectivity index is 2.00. The van der Waals surface area contributed by atoms with Gasteiger partial charge in [-0.3, -0.25) is 19.1 Å². The van der Waals surface area contributed by atoms with Crippen LogP contribution < -0.4 is 16.1 Å². The SMILES string of the molecule is CCCCCN(C(=O)Cn1c(=O)c2c(ncn2C)n(C)c1=O)c1nc(C)c(C(=O)OCC)s1. The molecule has 0 aliphatic heterocycles. The summed E-state index contributed by atoms with van der Waals surface area (Å²) >= 11 is 1.07. The number of amides is 1. The maximum absolute atomic E-state index is 13.3. The van der Waals surface area contributed by atoms with Crippen LogP contribution in [0, 0.1) is 6.92 Å². The number of esters is 1. The van der Waals surface area contributed by atoms with Crippen molar-refractivity contribution in [2.24, 2.45) is 14.1 Å². The second-order valence-corrected chi connectivity index (χ2v) is 8.62. The van der Waals surface area contributed by atoms with Crippen LogP contribution in [0.5, 0.6) is 0 Å². The summed E-state index contributed by atoms with van der Waals surface area (Å²) < 4.78 is 8.75. The van der Waals surface area contributed by atoms with Gasteiger partial charge in [-0.05, 0) is 20.3 Å². The standard InChI is InChI=1S/C21H28N6O5S/c1-6-8-9-10-26(20-23-13(3)16(33-20)19(30)32-7-2)14(28)11-27-18(29)15-17(22-12-24(15)4)25(5)21(27)31/h12H,6-11H2,1-5H3. The Kier molecular flexibility index (Phi) is 7.46. The summed E-state index contributed by atoms with van der Waals surface area (Å²) in [4.78, 5) is 61.7. The smallest absolute Gasteiger partial charge is 0.350 e. The first-order valence-electron chi connectivity index (χ1n) is 10.8. The summed E-state index contributed by atoms with van der Waals surface area (Å²) in [6.07, 6.45) is 4.00. The lowest BCUT2D eigenvalue weighted by atomic mass is 10.2. The predicted octanol–water partition coefficient (Wildman–Crippen LogP) is 1.60. The van der Waals surface area contributed by atoms with E-state index in [1.807, 2.05) is 6.92 Å². The van der Waals surface area contributed by atoms with Gasteiger partial charge in [-0.15, -0.1) is 0 Å². The summed E-state index contributed by atoms with van der Waals surface area (Å²) in [5, 5.41) is 0.336. The van der Waals surface area contributed by atoms with Crippen molar-refractivity contribution in [1.29, 1.82) is 0 Å². The van der Waals surface area contributed by atoms with Gasteiger partial charge in [0.2, 0.25) is 5.91 Å². The second kappa shape index (κ2) is 10.1. The first-order valence-corrected chi connectivity index (χ1v) is 11.6. The maximum Gasteiger partial charge on any atom is 0.350 e. The fraction of sp³-hybridized carbons (Fsp3) is 0.524. The zero-order valence-corrected chi connectivity index (χ0v) is 20.3. The van der Waals surface area contributed by atoms with E-state index in [-0.39, 0.29) is 17.8 Å². The predicted molar refractivity (Wildman–Crippen MR) is 125 cm³/mol. The number of nitrogens with zero attached hydrogens (tertiary/aromatic N) is 6. The Morgan fingerprint density at radius 1 is 1.18 bits per heavy atom. The molecule has 178 valence electrons. The number of aryl methyl sites for hydroxylation is 3. The molecular weight excluding hydrogens is 448 g/mol. The quantitative estimate of drug-likeness (QED) is 0.340. The molecule has 0 fully saturated rings. The van der Waals surface area contributed by atoms with Crippen LogP contribution >= 0.6 is 11.3 Å². The van der Waals surface area contributed by atoms with Crippen molar-refractivity contribution in [1.82, 2.24) is 23.7 Å². The van der Waals surface area contributed by atoms with Gasteiger partial charge >= 0.3 is 11.7 Å². The lowest BCUT2D eigenvalue weighted by Crippen LogP contribution is -2.45. The van der Waals surface area contributed by atoms with E-state index in [0.717, 1.165) is 28.7 Å². The number of ether oxygens (including phenoxy) is 1. The lowest BCUT2D eigenvalue weighted by Gasteiger charge is -2.20. The van der Waals surface area contributed by atoms with Crippen molar-refractivity contribution < 1.29 is 14.3 Å². The van der Waals surface area contributed by atoms with Crippen molar-refractivity contribution >= 4 is 39.5 Å². The molecule has 0 saturated carbocycles. The molecule has 3 rings (SSSR count). The number of hydrogen-bond donors (Lipinski definition) is 0. The highest BCUT2D eigenvalue weighted by Gasteiger charge is 2.25. The number of carbonyl (C=O) groups excluding carboxylic acids is 2. The highest BCUT2D eigenvalue weighted by Crippen LogP contribution is 2.27. The van der Waals surface area contributed by atoms with E-state index in [4.69, 9.17) is 4.74 Å². The number of hydrogen-bond acceptors (Lipinski definition) is 8. The van der Waals surface area contributed by atoms with Crippen molar-refractivity contribution in [2.75, 3.05) is 18.1 Å². The molecule has 0 aliphatic rings. The van der Waals surface area contributed by atoms with Crippen LogP contribution in [0.3, 0.4) is 0 Å². The number of carbonyl (C=O) groups is 2. The maximum atomic E-state index is 13.3. The van der Waals surface area contributed by atoms with Crippen LogP contribution in [0.4, 0.5) is 5.13 Å². The van der Waals surface area contributed by atoms with Crippen molar-refractivity contribution in [3.63, 3.8) is 0 Å². The summed E-state index contributed by atoms with van der Waals surface area (Å²) in [5.74, 6) is -0.956. The van der Waals surface area contributed by atoms with E-state index in [1.165, 1.54) is 27.4 Å². The van der Waals surface area contributed by atoms with Crippen LogP contribution in [-0.2, 0) is 30.2 Å². The van der Waals surface area contributed by atoms with E-state index >= 15 is 0 Å². The average Bonchev–Trinajstić information content (AvgIpc) is 3.35. The molecule has 3 heterocycles. The van der Waals surface area contributed by atoms with Gasteiger partial charge in [-0.25, -0.2) is 24.1 Å². The molecule has 3 aromatic heterocycles. The zero-order valence-electron chi connectivity index (χ0n) is 19.5. The summed E-state index contributed by atoms with van der Waals surface area (Å²) in [7, 11) is 3.16. The number of imidazole rings is 1. The van der Waals surface area contributed by atoms with Crippen LogP contribution in [0.1, 0.15) is 48.5 Å². The number of aromatic nitrogens is 5. The third-order valence-corrected chi connectivity index (χ3v) is 6.42. The molecular formula is C21H28N6O5S. The first kappa shape index (κ1) is 24.4. The Morgan fingerprint density at radius 3 is 2.58 bits per heavy atom.